The zero-order valence-corrected chi connectivity index (χ0v) is 16.5. The highest BCUT2D eigenvalue weighted by Gasteiger charge is 2.46. The van der Waals surface area contributed by atoms with Gasteiger partial charge in [-0.1, -0.05) is 0 Å². The Kier molecular flexibility index (Phi) is 6.04. The monoisotopic (exact) mass is 396 g/mol. The van der Waals surface area contributed by atoms with Crippen LogP contribution in [0, 0.1) is 0 Å². The summed E-state index contributed by atoms with van der Waals surface area (Å²) in [5.41, 5.74) is -0.512. The zero-order chi connectivity index (χ0) is 20.3. The number of fused-ring (bicyclic) bond motifs is 2. The van der Waals surface area contributed by atoms with Crippen LogP contribution in [0.5, 0.6) is 0 Å². The van der Waals surface area contributed by atoms with E-state index in [2.05, 4.69) is 20.8 Å². The number of carbonyl (C=O) groups is 2. The smallest absolute Gasteiger partial charge is 0.407 e. The van der Waals surface area contributed by atoms with Gasteiger partial charge in [-0.05, 0) is 33.6 Å². The summed E-state index contributed by atoms with van der Waals surface area (Å²) in [6, 6.07) is -0.843. The molecule has 3 amide bonds. The number of nitrogens with zero attached hydrogens (tertiary/aromatic N) is 4. The fraction of sp³-hybridized carbons (Fsp3) is 0.765. The Morgan fingerprint density at radius 2 is 2.07 bits per heavy atom. The third-order valence-electron chi connectivity index (χ3n) is 4.60. The van der Waals surface area contributed by atoms with Crippen molar-refractivity contribution in [3.05, 3.63) is 11.8 Å². The van der Waals surface area contributed by atoms with Crippen molar-refractivity contribution in [2.45, 2.75) is 57.7 Å². The van der Waals surface area contributed by atoms with E-state index in [9.17, 15) is 14.8 Å². The predicted molar refractivity (Wildman–Crippen MR) is 96.6 cm³/mol. The first-order valence-corrected chi connectivity index (χ1v) is 9.53. The van der Waals surface area contributed by atoms with E-state index in [1.54, 1.807) is 4.90 Å². The molecule has 2 aliphatic rings. The lowest BCUT2D eigenvalue weighted by molar-refractivity contribution is -0.0584. The molecule has 0 saturated carbocycles. The van der Waals surface area contributed by atoms with Crippen LogP contribution < -0.4 is 10.6 Å². The molecule has 2 fully saturated rings. The molecule has 3 heterocycles. The average Bonchev–Trinajstić information content (AvgIpc) is 3.17. The van der Waals surface area contributed by atoms with Crippen LogP contribution in [0.3, 0.4) is 0 Å². The summed E-state index contributed by atoms with van der Waals surface area (Å²) in [6.45, 7) is 7.56. The van der Waals surface area contributed by atoms with Gasteiger partial charge in [-0.2, -0.15) is 0 Å². The third-order valence-corrected chi connectivity index (χ3v) is 4.60. The molecule has 2 saturated heterocycles. The lowest BCUT2D eigenvalue weighted by atomic mass is 10.0. The number of rotatable bonds is 7. The van der Waals surface area contributed by atoms with Gasteiger partial charge in [0, 0.05) is 32.6 Å². The Morgan fingerprint density at radius 1 is 1.29 bits per heavy atom. The van der Waals surface area contributed by atoms with Crippen molar-refractivity contribution in [2.75, 3.05) is 26.2 Å². The van der Waals surface area contributed by atoms with Gasteiger partial charge in [0.25, 0.3) is 0 Å². The molecule has 28 heavy (non-hydrogen) atoms. The molecule has 0 unspecified atom stereocenters. The van der Waals surface area contributed by atoms with Gasteiger partial charge in [-0.15, -0.1) is 10.2 Å². The minimum Gasteiger partial charge on any atom is -0.444 e. The summed E-state index contributed by atoms with van der Waals surface area (Å²) < 4.78 is 10.9. The number of piperidine rings is 1. The number of hydrogen-bond donors (Lipinski definition) is 3. The highest BCUT2D eigenvalue weighted by atomic mass is 16.6. The zero-order valence-electron chi connectivity index (χ0n) is 16.5. The van der Waals surface area contributed by atoms with Crippen LogP contribution in [0.25, 0.3) is 0 Å². The molecule has 3 N–H and O–H groups in total. The second kappa shape index (κ2) is 8.31. The van der Waals surface area contributed by atoms with E-state index < -0.39 is 17.7 Å². The minimum absolute atomic E-state index is 0.148. The van der Waals surface area contributed by atoms with E-state index in [1.807, 2.05) is 20.8 Å². The number of aromatic nitrogens is 2. The first-order valence-electron chi connectivity index (χ1n) is 9.53. The second-order valence-electron chi connectivity index (χ2n) is 7.99. The van der Waals surface area contributed by atoms with Crippen molar-refractivity contribution in [3.63, 3.8) is 0 Å². The van der Waals surface area contributed by atoms with Crippen molar-refractivity contribution in [2.24, 2.45) is 0 Å². The SMILES string of the molecule is CC(C)(C)OC(=O)NCCNCCc1nnc([C@@H]2CC[C@@H]3CN2C(=O)N3O)o1. The topological polar surface area (TPSA) is 133 Å². The highest BCUT2D eigenvalue weighted by Crippen LogP contribution is 2.36. The van der Waals surface area contributed by atoms with Gasteiger partial charge in [-0.25, -0.2) is 14.7 Å². The van der Waals surface area contributed by atoms with Crippen LogP contribution in [0.2, 0.25) is 0 Å². The van der Waals surface area contributed by atoms with Crippen LogP contribution in [-0.4, -0.2) is 75.3 Å². The van der Waals surface area contributed by atoms with Crippen LogP contribution in [0.4, 0.5) is 9.59 Å². The lowest BCUT2D eigenvalue weighted by Crippen LogP contribution is -2.36. The molecule has 0 radical (unpaired) electrons. The molecule has 156 valence electrons. The lowest BCUT2D eigenvalue weighted by Gasteiger charge is -2.27. The molecule has 2 aliphatic heterocycles. The van der Waals surface area contributed by atoms with Gasteiger partial charge in [0.05, 0.1) is 6.04 Å². The fourth-order valence-corrected chi connectivity index (χ4v) is 3.30. The molecule has 1 aromatic heterocycles. The summed E-state index contributed by atoms with van der Waals surface area (Å²) in [5.74, 6) is 0.890. The van der Waals surface area contributed by atoms with E-state index in [4.69, 9.17) is 9.15 Å². The van der Waals surface area contributed by atoms with Crippen molar-refractivity contribution in [3.8, 4) is 0 Å². The normalized spacial score (nSPS) is 21.9. The molecular weight excluding hydrogens is 368 g/mol. The Balaban J connectivity index is 1.37. The van der Waals surface area contributed by atoms with E-state index in [0.29, 0.717) is 57.2 Å². The first kappa shape index (κ1) is 20.3. The summed E-state index contributed by atoms with van der Waals surface area (Å²) >= 11 is 0. The van der Waals surface area contributed by atoms with Crippen molar-refractivity contribution in [1.29, 1.82) is 0 Å². The molecule has 1 aromatic rings. The van der Waals surface area contributed by atoms with Crippen LogP contribution in [0.1, 0.15) is 51.4 Å². The second-order valence-corrected chi connectivity index (χ2v) is 7.99. The standard InChI is InChI=1S/C17H28N6O5/c1-17(2,3)28-15(24)19-9-8-18-7-6-13-20-21-14(27-13)12-5-4-11-10-22(12)16(25)23(11)26/h11-12,18,26H,4-10H2,1-3H3,(H,19,24)/t11-,12+/m1/s1. The van der Waals surface area contributed by atoms with Gasteiger partial charge < -0.3 is 24.7 Å². The molecule has 3 rings (SSSR count). The molecule has 2 atom stereocenters. The number of hydrogen-bond acceptors (Lipinski definition) is 8. The largest absolute Gasteiger partial charge is 0.444 e. The van der Waals surface area contributed by atoms with Crippen LogP contribution >= 0.6 is 0 Å². The minimum atomic E-state index is -0.512. The fourth-order valence-electron chi connectivity index (χ4n) is 3.30. The molecule has 11 nitrogen and oxygen atoms in total. The molecule has 0 aromatic carbocycles. The van der Waals surface area contributed by atoms with E-state index in [1.165, 1.54) is 0 Å². The van der Waals surface area contributed by atoms with Crippen LogP contribution in [0.15, 0.2) is 4.42 Å². The molecule has 2 bridgehead atoms. The van der Waals surface area contributed by atoms with Crippen molar-refractivity contribution >= 4 is 12.1 Å². The molecule has 0 aliphatic carbocycles. The summed E-state index contributed by atoms with van der Waals surface area (Å²) in [7, 11) is 0. The predicted octanol–water partition coefficient (Wildman–Crippen LogP) is 1.06. The maximum absolute atomic E-state index is 12.0. The van der Waals surface area contributed by atoms with E-state index in [-0.39, 0.29) is 12.1 Å². The number of amides is 3. The number of carbonyl (C=O) groups excluding carboxylic acids is 2. The van der Waals surface area contributed by atoms with Crippen molar-refractivity contribution in [1.82, 2.24) is 30.8 Å². The summed E-state index contributed by atoms with van der Waals surface area (Å²) in [6.07, 6.45) is 1.48. The number of nitrogens with one attached hydrogen (secondary N) is 2. The number of alkyl carbamates (subject to hydrolysis) is 1. The van der Waals surface area contributed by atoms with Crippen LogP contribution in [-0.2, 0) is 11.2 Å². The number of ether oxygens (including phenoxy) is 1. The van der Waals surface area contributed by atoms with E-state index in [0.717, 1.165) is 5.06 Å². The Hall–Kier alpha value is -2.40. The third kappa shape index (κ3) is 4.90. The number of hydroxylamine groups is 2. The maximum atomic E-state index is 12.0. The molecular formula is C17H28N6O5. The Labute approximate surface area is 163 Å². The van der Waals surface area contributed by atoms with Gasteiger partial charge in [0.15, 0.2) is 0 Å². The van der Waals surface area contributed by atoms with Crippen molar-refractivity contribution < 1.29 is 24.0 Å². The van der Waals surface area contributed by atoms with Gasteiger partial charge in [0.2, 0.25) is 11.8 Å². The van der Waals surface area contributed by atoms with Gasteiger partial charge >= 0.3 is 12.1 Å². The first-order chi connectivity index (χ1) is 13.2. The Morgan fingerprint density at radius 3 is 2.82 bits per heavy atom. The Bertz CT molecular complexity index is 702. The van der Waals surface area contributed by atoms with Gasteiger partial charge in [-0.3, -0.25) is 5.21 Å². The number of urea groups is 1. The maximum Gasteiger partial charge on any atom is 0.407 e. The summed E-state index contributed by atoms with van der Waals surface area (Å²) in [5, 5.41) is 24.5. The van der Waals surface area contributed by atoms with E-state index >= 15 is 0 Å². The molecule has 11 heteroatoms. The highest BCUT2D eigenvalue weighted by molar-refractivity contribution is 5.76. The summed E-state index contributed by atoms with van der Waals surface area (Å²) in [4.78, 5) is 25.1. The van der Waals surface area contributed by atoms with Gasteiger partial charge in [0.1, 0.15) is 11.6 Å². The molecule has 0 spiro atoms. The quantitative estimate of drug-likeness (QED) is 0.460. The average molecular weight is 396 g/mol.